The van der Waals surface area contributed by atoms with Crippen LogP contribution in [0, 0.1) is 10.1 Å². The van der Waals surface area contributed by atoms with Crippen LogP contribution in [-0.2, 0) is 6.54 Å². The lowest BCUT2D eigenvalue weighted by atomic mass is 10.2. The molecule has 0 radical (unpaired) electrons. The summed E-state index contributed by atoms with van der Waals surface area (Å²) in [5.74, 6) is -0.303. The van der Waals surface area contributed by atoms with Crippen molar-refractivity contribution in [2.24, 2.45) is 0 Å². The Morgan fingerprint density at radius 3 is 2.66 bits per heavy atom. The van der Waals surface area contributed by atoms with Gasteiger partial charge >= 0.3 is 0 Å². The number of hydrogen-bond acceptors (Lipinski definition) is 6. The van der Waals surface area contributed by atoms with E-state index < -0.39 is 4.92 Å². The normalized spacial score (nSPS) is 10.9. The minimum atomic E-state index is -0.501. The summed E-state index contributed by atoms with van der Waals surface area (Å²) < 4.78 is 2.59. The summed E-state index contributed by atoms with van der Waals surface area (Å²) in [6.45, 7) is 0.796. The Balaban J connectivity index is 1.69. The average Bonchev–Trinajstić information content (AvgIpc) is 3.38. The van der Waals surface area contributed by atoms with Crippen molar-refractivity contribution in [1.29, 1.82) is 0 Å². The minimum absolute atomic E-state index is 0.0728. The molecule has 4 rings (SSSR count). The highest BCUT2D eigenvalue weighted by Crippen LogP contribution is 2.33. The number of rotatable bonds is 6. The summed E-state index contributed by atoms with van der Waals surface area (Å²) >= 11 is 7.60. The minimum Gasteiger partial charge on any atom is -0.282 e. The fourth-order valence-corrected chi connectivity index (χ4v) is 4.11. The molecule has 0 spiro atoms. The van der Waals surface area contributed by atoms with Gasteiger partial charge in [-0.25, -0.2) is 4.98 Å². The Kier molecular flexibility index (Phi) is 5.24. The largest absolute Gasteiger partial charge is 0.282 e. The lowest BCUT2D eigenvalue weighted by Crippen LogP contribution is -2.34. The molecule has 0 unspecified atom stereocenters. The van der Waals surface area contributed by atoms with E-state index in [1.54, 1.807) is 27.9 Å². The van der Waals surface area contributed by atoms with Crippen molar-refractivity contribution < 1.29 is 9.72 Å². The molecule has 2 heterocycles. The number of aromatic nitrogens is 3. The van der Waals surface area contributed by atoms with Crippen LogP contribution >= 0.6 is 22.9 Å². The highest BCUT2D eigenvalue weighted by atomic mass is 35.5. The van der Waals surface area contributed by atoms with E-state index in [2.05, 4.69) is 10.1 Å². The number of carbonyl (C=O) groups is 1. The molecule has 0 aliphatic heterocycles. The smallest absolute Gasteiger partial charge is 0.269 e. The van der Waals surface area contributed by atoms with Gasteiger partial charge in [-0.05, 0) is 30.3 Å². The molecule has 0 fully saturated rings. The first-order valence-electron chi connectivity index (χ1n) is 8.62. The topological polar surface area (TPSA) is 94.2 Å². The molecule has 2 aromatic heterocycles. The molecule has 0 N–H and O–H groups in total. The van der Waals surface area contributed by atoms with Crippen LogP contribution in [0.2, 0.25) is 5.02 Å². The van der Waals surface area contributed by atoms with Gasteiger partial charge in [0.25, 0.3) is 11.6 Å². The van der Waals surface area contributed by atoms with Gasteiger partial charge in [-0.15, -0.1) is 0 Å². The Morgan fingerprint density at radius 1 is 1.21 bits per heavy atom. The maximum atomic E-state index is 13.2. The third-order valence-electron chi connectivity index (χ3n) is 4.27. The van der Waals surface area contributed by atoms with Crippen molar-refractivity contribution >= 4 is 49.9 Å². The maximum absolute atomic E-state index is 13.2. The SMILES string of the molecule is O=C(c1ccc([N+](=O)[O-])cc1)N(CCn1cccn1)c1nc2c(Cl)cccc2s1. The van der Waals surface area contributed by atoms with Crippen LogP contribution in [0.5, 0.6) is 0 Å². The maximum Gasteiger partial charge on any atom is 0.269 e. The summed E-state index contributed by atoms with van der Waals surface area (Å²) in [5, 5.41) is 16.1. The third-order valence-corrected chi connectivity index (χ3v) is 5.62. The van der Waals surface area contributed by atoms with Crippen LogP contribution in [-0.4, -0.2) is 32.1 Å². The van der Waals surface area contributed by atoms with Gasteiger partial charge < -0.3 is 0 Å². The van der Waals surface area contributed by atoms with Crippen molar-refractivity contribution in [1.82, 2.24) is 14.8 Å². The first kappa shape index (κ1) is 19.0. The number of halogens is 1. The molecular formula is C19H14ClN5O3S. The molecule has 0 aliphatic rings. The van der Waals surface area contributed by atoms with Gasteiger partial charge in [0.2, 0.25) is 0 Å². The Hall–Kier alpha value is -3.30. The summed E-state index contributed by atoms with van der Waals surface area (Å²) in [7, 11) is 0. The van der Waals surface area contributed by atoms with Gasteiger partial charge in [0.05, 0.1) is 21.2 Å². The van der Waals surface area contributed by atoms with Gasteiger partial charge in [-0.1, -0.05) is 29.0 Å². The molecule has 29 heavy (non-hydrogen) atoms. The van der Waals surface area contributed by atoms with Crippen LogP contribution in [0.15, 0.2) is 60.9 Å². The summed E-state index contributed by atoms with van der Waals surface area (Å²) in [4.78, 5) is 29.7. The molecule has 10 heteroatoms. The number of benzene rings is 2. The Morgan fingerprint density at radius 2 is 2.00 bits per heavy atom. The number of anilines is 1. The van der Waals surface area contributed by atoms with Crippen molar-refractivity contribution in [3.8, 4) is 0 Å². The highest BCUT2D eigenvalue weighted by molar-refractivity contribution is 7.22. The average molecular weight is 428 g/mol. The zero-order chi connectivity index (χ0) is 20.4. The summed E-state index contributed by atoms with van der Waals surface area (Å²) in [6, 6.07) is 12.8. The molecule has 0 saturated carbocycles. The molecule has 146 valence electrons. The first-order chi connectivity index (χ1) is 14.0. The lowest BCUT2D eigenvalue weighted by Gasteiger charge is -2.20. The zero-order valence-corrected chi connectivity index (χ0v) is 16.5. The van der Waals surface area contributed by atoms with E-state index >= 15 is 0 Å². The molecule has 8 nitrogen and oxygen atoms in total. The second kappa shape index (κ2) is 7.98. The second-order valence-electron chi connectivity index (χ2n) is 6.11. The number of hydrogen-bond donors (Lipinski definition) is 0. The quantitative estimate of drug-likeness (QED) is 0.335. The van der Waals surface area contributed by atoms with Crippen molar-refractivity contribution in [2.45, 2.75) is 6.54 Å². The van der Waals surface area contributed by atoms with E-state index in [0.29, 0.717) is 34.3 Å². The number of nitrogens with zero attached hydrogens (tertiary/aromatic N) is 5. The number of amides is 1. The van der Waals surface area contributed by atoms with E-state index in [4.69, 9.17) is 11.6 Å². The molecule has 0 bridgehead atoms. The third kappa shape index (κ3) is 3.96. The second-order valence-corrected chi connectivity index (χ2v) is 7.53. The monoisotopic (exact) mass is 427 g/mol. The van der Waals surface area contributed by atoms with Crippen molar-refractivity contribution in [3.63, 3.8) is 0 Å². The highest BCUT2D eigenvalue weighted by Gasteiger charge is 2.22. The predicted molar refractivity (Wildman–Crippen MR) is 112 cm³/mol. The zero-order valence-electron chi connectivity index (χ0n) is 14.9. The fourth-order valence-electron chi connectivity index (χ4n) is 2.82. The Bertz CT molecular complexity index is 1170. The Labute approximate surface area is 174 Å². The van der Waals surface area contributed by atoms with Gasteiger partial charge in [-0.2, -0.15) is 5.10 Å². The van der Waals surface area contributed by atoms with Crippen LogP contribution in [0.4, 0.5) is 10.8 Å². The summed E-state index contributed by atoms with van der Waals surface area (Å²) in [5.41, 5.74) is 0.896. The van der Waals surface area contributed by atoms with Crippen LogP contribution in [0.1, 0.15) is 10.4 Å². The van der Waals surface area contributed by atoms with Gasteiger partial charge in [0, 0.05) is 36.6 Å². The lowest BCUT2D eigenvalue weighted by molar-refractivity contribution is -0.384. The number of fused-ring (bicyclic) bond motifs is 1. The number of non-ortho nitro benzene ring substituents is 1. The van der Waals surface area contributed by atoms with Crippen LogP contribution < -0.4 is 4.90 Å². The van der Waals surface area contributed by atoms with E-state index in [9.17, 15) is 14.9 Å². The van der Waals surface area contributed by atoms with Crippen LogP contribution in [0.3, 0.4) is 0 Å². The van der Waals surface area contributed by atoms with Gasteiger partial charge in [0.15, 0.2) is 5.13 Å². The first-order valence-corrected chi connectivity index (χ1v) is 9.81. The van der Waals surface area contributed by atoms with Crippen molar-refractivity contribution in [2.75, 3.05) is 11.4 Å². The predicted octanol–water partition coefficient (Wildman–Crippen LogP) is 4.40. The number of carbonyl (C=O) groups excluding carboxylic acids is 1. The van der Waals surface area contributed by atoms with Gasteiger partial charge in [-0.3, -0.25) is 24.5 Å². The molecule has 4 aromatic rings. The fraction of sp³-hybridized carbons (Fsp3) is 0.105. The van der Waals surface area contributed by atoms with E-state index in [1.165, 1.54) is 35.6 Å². The molecular weight excluding hydrogens is 414 g/mol. The van der Waals surface area contributed by atoms with Gasteiger partial charge in [0.1, 0.15) is 5.52 Å². The number of thiazole rings is 1. The van der Waals surface area contributed by atoms with Crippen molar-refractivity contribution in [3.05, 3.63) is 81.6 Å². The number of para-hydroxylation sites is 1. The molecule has 0 atom stereocenters. The summed E-state index contributed by atoms with van der Waals surface area (Å²) in [6.07, 6.45) is 3.48. The number of nitro benzene ring substituents is 1. The number of nitro groups is 1. The van der Waals surface area contributed by atoms with E-state index in [0.717, 1.165) is 4.70 Å². The van der Waals surface area contributed by atoms with E-state index in [-0.39, 0.29) is 11.6 Å². The molecule has 1 amide bonds. The molecule has 0 aliphatic carbocycles. The standard InChI is InChI=1S/C19H14ClN5O3S/c20-15-3-1-4-16-17(15)22-19(29-16)24(12-11-23-10-2-9-21-23)18(26)13-5-7-14(8-6-13)25(27)28/h1-10H,11-12H2. The molecule has 2 aromatic carbocycles. The molecule has 0 saturated heterocycles. The van der Waals surface area contributed by atoms with Crippen LogP contribution in [0.25, 0.3) is 10.2 Å². The van der Waals surface area contributed by atoms with E-state index in [1.807, 2.05) is 18.3 Å².